The summed E-state index contributed by atoms with van der Waals surface area (Å²) in [5.41, 5.74) is 2.80. The molecule has 0 amide bonds. The van der Waals surface area contributed by atoms with Crippen molar-refractivity contribution in [3.05, 3.63) is 56.5 Å². The zero-order valence-electron chi connectivity index (χ0n) is 10.7. The number of aromatic amines is 1. The summed E-state index contributed by atoms with van der Waals surface area (Å²) >= 11 is 19.7. The van der Waals surface area contributed by atoms with Crippen LogP contribution in [0.25, 0.3) is 10.6 Å². The van der Waals surface area contributed by atoms with E-state index in [1.54, 1.807) is 29.7 Å². The number of nitrogens with one attached hydrogen (secondary N) is 2. The van der Waals surface area contributed by atoms with Crippen LogP contribution in [-0.2, 0) is 6.54 Å². The van der Waals surface area contributed by atoms with Gasteiger partial charge in [0.15, 0.2) is 0 Å². The number of hydrogen-bond donors (Lipinski definition) is 2. The van der Waals surface area contributed by atoms with Crippen molar-refractivity contribution in [2.75, 3.05) is 5.32 Å². The molecule has 21 heavy (non-hydrogen) atoms. The number of thiophene rings is 1. The predicted octanol–water partition coefficient (Wildman–Crippen LogP) is 5.71. The molecule has 108 valence electrons. The Morgan fingerprint density at radius 1 is 1.14 bits per heavy atom. The Morgan fingerprint density at radius 2 is 1.95 bits per heavy atom. The number of aromatic nitrogens is 2. The highest BCUT2D eigenvalue weighted by Gasteiger charge is 2.10. The first-order valence-electron chi connectivity index (χ1n) is 6.09. The minimum atomic E-state index is 0.440. The van der Waals surface area contributed by atoms with Gasteiger partial charge in [0.1, 0.15) is 0 Å². The molecule has 2 aromatic heterocycles. The maximum absolute atomic E-state index is 6.15. The molecule has 0 aliphatic rings. The molecule has 2 N–H and O–H groups in total. The largest absolute Gasteiger partial charge is 0.380 e. The van der Waals surface area contributed by atoms with Crippen LogP contribution in [0.1, 0.15) is 5.56 Å². The molecule has 1 aromatic carbocycles. The van der Waals surface area contributed by atoms with Crippen LogP contribution >= 0.6 is 46.1 Å². The Morgan fingerprint density at radius 3 is 2.71 bits per heavy atom. The number of benzene rings is 1. The molecule has 0 atom stereocenters. The Balaban J connectivity index is 1.80. The van der Waals surface area contributed by atoms with Gasteiger partial charge in [0.25, 0.3) is 0 Å². The topological polar surface area (TPSA) is 40.7 Å². The van der Waals surface area contributed by atoms with Crippen LogP contribution < -0.4 is 5.32 Å². The summed E-state index contributed by atoms with van der Waals surface area (Å²) < 4.78 is 0. The Labute approximate surface area is 140 Å². The maximum Gasteiger partial charge on any atom is 0.0799 e. The summed E-state index contributed by atoms with van der Waals surface area (Å²) in [6, 6.07) is 7.40. The van der Waals surface area contributed by atoms with Gasteiger partial charge in [0.2, 0.25) is 0 Å². The molecule has 0 saturated carbocycles. The molecule has 2 heterocycles. The van der Waals surface area contributed by atoms with Crippen LogP contribution in [0.5, 0.6) is 0 Å². The van der Waals surface area contributed by atoms with E-state index in [0.717, 1.165) is 21.8 Å². The zero-order valence-corrected chi connectivity index (χ0v) is 13.7. The zero-order chi connectivity index (χ0) is 14.8. The van der Waals surface area contributed by atoms with Crippen LogP contribution in [0.15, 0.2) is 35.8 Å². The second-order valence-corrected chi connectivity index (χ2v) is 6.52. The Kier molecular flexibility index (Phi) is 4.40. The van der Waals surface area contributed by atoms with Gasteiger partial charge in [-0.1, -0.05) is 40.9 Å². The van der Waals surface area contributed by atoms with E-state index in [1.807, 2.05) is 17.5 Å². The molecule has 0 fully saturated rings. The normalized spacial score (nSPS) is 10.8. The fourth-order valence-corrected chi connectivity index (χ4v) is 3.30. The van der Waals surface area contributed by atoms with Gasteiger partial charge in [-0.25, -0.2) is 0 Å². The minimum absolute atomic E-state index is 0.440. The first kappa shape index (κ1) is 14.7. The van der Waals surface area contributed by atoms with Gasteiger partial charge < -0.3 is 5.32 Å². The Hall–Kier alpha value is -1.20. The first-order valence-corrected chi connectivity index (χ1v) is 8.11. The van der Waals surface area contributed by atoms with Crippen molar-refractivity contribution < 1.29 is 0 Å². The van der Waals surface area contributed by atoms with Crippen LogP contribution in [0.4, 0.5) is 5.69 Å². The number of anilines is 1. The predicted molar refractivity (Wildman–Crippen MR) is 90.7 cm³/mol. The minimum Gasteiger partial charge on any atom is -0.380 e. The summed E-state index contributed by atoms with van der Waals surface area (Å²) in [5.74, 6) is 0. The van der Waals surface area contributed by atoms with Crippen LogP contribution in [0.3, 0.4) is 0 Å². The lowest BCUT2D eigenvalue weighted by Gasteiger charge is -2.09. The van der Waals surface area contributed by atoms with E-state index in [1.165, 1.54) is 0 Å². The molecule has 0 aliphatic carbocycles. The molecule has 0 saturated heterocycles. The van der Waals surface area contributed by atoms with Crippen molar-refractivity contribution in [3.8, 4) is 10.6 Å². The average molecular weight is 359 g/mol. The second-order valence-electron chi connectivity index (χ2n) is 4.35. The van der Waals surface area contributed by atoms with Crippen LogP contribution in [0.2, 0.25) is 15.1 Å². The highest BCUT2D eigenvalue weighted by Crippen LogP contribution is 2.33. The van der Waals surface area contributed by atoms with Crippen molar-refractivity contribution in [1.82, 2.24) is 10.2 Å². The van der Waals surface area contributed by atoms with E-state index in [4.69, 9.17) is 34.8 Å². The Bertz CT molecular complexity index is 753. The standard InChI is InChI=1S/C14H10Cl3N3S/c15-9-4-11(17)12(5-10(9)16)18-6-8-7-19-20-14(8)13-2-1-3-21-13/h1-5,7,18H,6H2,(H,19,20). The molecule has 0 bridgehead atoms. The fraction of sp³-hybridized carbons (Fsp3) is 0.0714. The summed E-state index contributed by atoms with van der Waals surface area (Å²) in [5, 5.41) is 13.9. The number of hydrogen-bond acceptors (Lipinski definition) is 3. The summed E-state index contributed by atoms with van der Waals surface area (Å²) in [7, 11) is 0. The molecule has 0 unspecified atom stereocenters. The summed E-state index contributed by atoms with van der Waals surface area (Å²) in [6.45, 7) is 0.585. The van der Waals surface area contributed by atoms with Gasteiger partial charge in [-0.05, 0) is 23.6 Å². The highest BCUT2D eigenvalue weighted by atomic mass is 35.5. The third-order valence-corrected chi connectivity index (χ3v) is 4.89. The summed E-state index contributed by atoms with van der Waals surface area (Å²) in [6.07, 6.45) is 1.80. The van der Waals surface area contributed by atoms with Crippen molar-refractivity contribution in [2.24, 2.45) is 0 Å². The molecule has 7 heteroatoms. The molecular weight excluding hydrogens is 349 g/mol. The van der Waals surface area contributed by atoms with Gasteiger partial charge in [-0.2, -0.15) is 5.10 Å². The number of halogens is 3. The molecular formula is C14H10Cl3N3S. The van der Waals surface area contributed by atoms with Crippen LogP contribution in [-0.4, -0.2) is 10.2 Å². The third-order valence-electron chi connectivity index (χ3n) is 2.96. The highest BCUT2D eigenvalue weighted by molar-refractivity contribution is 7.13. The van der Waals surface area contributed by atoms with Crippen molar-refractivity contribution in [1.29, 1.82) is 0 Å². The van der Waals surface area contributed by atoms with Crippen molar-refractivity contribution in [2.45, 2.75) is 6.54 Å². The third kappa shape index (κ3) is 3.19. The first-order chi connectivity index (χ1) is 10.1. The smallest absolute Gasteiger partial charge is 0.0799 e. The van der Waals surface area contributed by atoms with E-state index in [2.05, 4.69) is 15.5 Å². The fourth-order valence-electron chi connectivity index (χ4n) is 1.93. The second kappa shape index (κ2) is 6.28. The average Bonchev–Trinajstić information content (AvgIpc) is 3.11. The molecule has 0 radical (unpaired) electrons. The van der Waals surface area contributed by atoms with E-state index >= 15 is 0 Å². The van der Waals surface area contributed by atoms with Gasteiger partial charge in [0.05, 0.1) is 37.5 Å². The van der Waals surface area contributed by atoms with E-state index in [0.29, 0.717) is 21.6 Å². The van der Waals surface area contributed by atoms with Crippen LogP contribution in [0, 0.1) is 0 Å². The monoisotopic (exact) mass is 357 g/mol. The lowest BCUT2D eigenvalue weighted by molar-refractivity contribution is 1.10. The van der Waals surface area contributed by atoms with E-state index in [9.17, 15) is 0 Å². The van der Waals surface area contributed by atoms with E-state index in [-0.39, 0.29) is 0 Å². The molecule has 0 aliphatic heterocycles. The SMILES string of the molecule is Clc1cc(Cl)c(NCc2cn[nH]c2-c2cccs2)cc1Cl. The number of nitrogens with zero attached hydrogens (tertiary/aromatic N) is 1. The van der Waals surface area contributed by atoms with Crippen molar-refractivity contribution >= 4 is 51.8 Å². The maximum atomic E-state index is 6.15. The summed E-state index contributed by atoms with van der Waals surface area (Å²) in [4.78, 5) is 1.14. The van der Waals surface area contributed by atoms with Gasteiger partial charge in [-0.15, -0.1) is 11.3 Å². The van der Waals surface area contributed by atoms with Gasteiger partial charge in [0, 0.05) is 12.1 Å². The lowest BCUT2D eigenvalue weighted by Crippen LogP contribution is -2.00. The lowest BCUT2D eigenvalue weighted by atomic mass is 10.2. The van der Waals surface area contributed by atoms with Gasteiger partial charge >= 0.3 is 0 Å². The molecule has 0 spiro atoms. The van der Waals surface area contributed by atoms with E-state index < -0.39 is 0 Å². The number of H-pyrrole nitrogens is 1. The molecule has 3 rings (SSSR count). The molecule has 3 nitrogen and oxygen atoms in total. The quantitative estimate of drug-likeness (QED) is 0.586. The van der Waals surface area contributed by atoms with Gasteiger partial charge in [-0.3, -0.25) is 5.10 Å². The number of rotatable bonds is 4. The van der Waals surface area contributed by atoms with Crippen molar-refractivity contribution in [3.63, 3.8) is 0 Å². The molecule has 3 aromatic rings.